The third kappa shape index (κ3) is 5.80. The summed E-state index contributed by atoms with van der Waals surface area (Å²) in [6.45, 7) is 0.763. The largest absolute Gasteiger partial charge is 0.399 e. The second kappa shape index (κ2) is 9.86. The molecule has 0 saturated carbocycles. The molecule has 0 aliphatic rings. The van der Waals surface area contributed by atoms with Gasteiger partial charge in [-0.05, 0) is 60.4 Å². The van der Waals surface area contributed by atoms with E-state index >= 15 is 0 Å². The van der Waals surface area contributed by atoms with Crippen molar-refractivity contribution in [1.82, 2.24) is 0 Å². The molecule has 0 heterocycles. The monoisotopic (exact) mass is 360 g/mol. The molecule has 7 heteroatoms. The number of nitrogen functional groups attached to an aromatic ring is 2. The predicted octanol–water partition coefficient (Wildman–Crippen LogP) is 0.805. The standard InChI is InChI=1S/C19H28N4O3/c20-15-1-3-18(13(9-15)5-7-24)22-11-17(26)12-23-19-4-2-16(21)10-14(19)6-8-25/h1-4,9-10,17,22-26H,5-8,11-12,20-21H2. The number of rotatable bonds is 10. The van der Waals surface area contributed by atoms with Gasteiger partial charge in [0.2, 0.25) is 0 Å². The predicted molar refractivity (Wildman–Crippen MR) is 106 cm³/mol. The second-order valence-corrected chi connectivity index (χ2v) is 6.20. The first-order valence-corrected chi connectivity index (χ1v) is 8.67. The van der Waals surface area contributed by atoms with Crippen LogP contribution in [0.4, 0.5) is 22.7 Å². The van der Waals surface area contributed by atoms with Crippen molar-refractivity contribution < 1.29 is 15.3 Å². The zero-order chi connectivity index (χ0) is 18.9. The van der Waals surface area contributed by atoms with Crippen molar-refractivity contribution in [3.8, 4) is 0 Å². The molecule has 0 aliphatic heterocycles. The van der Waals surface area contributed by atoms with Crippen molar-refractivity contribution in [2.24, 2.45) is 0 Å². The smallest absolute Gasteiger partial charge is 0.0884 e. The van der Waals surface area contributed by atoms with Crippen LogP contribution in [0.15, 0.2) is 36.4 Å². The SMILES string of the molecule is Nc1ccc(NCC(O)CNc2ccc(N)cc2CCO)c(CCO)c1. The van der Waals surface area contributed by atoms with Gasteiger partial charge < -0.3 is 37.4 Å². The molecular weight excluding hydrogens is 332 g/mol. The van der Waals surface area contributed by atoms with E-state index in [1.165, 1.54) is 0 Å². The van der Waals surface area contributed by atoms with Gasteiger partial charge >= 0.3 is 0 Å². The highest BCUT2D eigenvalue weighted by Gasteiger charge is 2.09. The molecule has 142 valence electrons. The summed E-state index contributed by atoms with van der Waals surface area (Å²) in [7, 11) is 0. The Labute approximate surface area is 153 Å². The van der Waals surface area contributed by atoms with Gasteiger partial charge in [-0.3, -0.25) is 0 Å². The van der Waals surface area contributed by atoms with E-state index in [0.29, 0.717) is 37.3 Å². The fourth-order valence-electron chi connectivity index (χ4n) is 2.75. The highest BCUT2D eigenvalue weighted by Crippen LogP contribution is 2.21. The van der Waals surface area contributed by atoms with Crippen molar-refractivity contribution in [3.05, 3.63) is 47.5 Å². The summed E-state index contributed by atoms with van der Waals surface area (Å²) in [4.78, 5) is 0. The third-order valence-electron chi connectivity index (χ3n) is 4.08. The molecule has 0 aromatic heterocycles. The summed E-state index contributed by atoms with van der Waals surface area (Å²) in [5.74, 6) is 0. The van der Waals surface area contributed by atoms with E-state index in [4.69, 9.17) is 21.7 Å². The molecule has 0 saturated heterocycles. The molecule has 0 amide bonds. The number of nitrogens with one attached hydrogen (secondary N) is 2. The minimum absolute atomic E-state index is 0.0347. The molecule has 0 radical (unpaired) electrons. The van der Waals surface area contributed by atoms with Crippen LogP contribution < -0.4 is 22.1 Å². The van der Waals surface area contributed by atoms with Gasteiger partial charge in [0.15, 0.2) is 0 Å². The Morgan fingerprint density at radius 1 is 0.769 bits per heavy atom. The molecule has 0 aliphatic carbocycles. The lowest BCUT2D eigenvalue weighted by Crippen LogP contribution is -2.28. The third-order valence-corrected chi connectivity index (χ3v) is 4.08. The normalized spacial score (nSPS) is 10.9. The summed E-state index contributed by atoms with van der Waals surface area (Å²) in [5, 5.41) is 35.0. The minimum Gasteiger partial charge on any atom is -0.399 e. The lowest BCUT2D eigenvalue weighted by molar-refractivity contribution is 0.200. The molecule has 0 bridgehead atoms. The van der Waals surface area contributed by atoms with E-state index < -0.39 is 6.10 Å². The average molecular weight is 360 g/mol. The molecule has 2 aromatic carbocycles. The van der Waals surface area contributed by atoms with Gasteiger partial charge in [-0.25, -0.2) is 0 Å². The lowest BCUT2D eigenvalue weighted by Gasteiger charge is -2.18. The second-order valence-electron chi connectivity index (χ2n) is 6.20. The Bertz CT molecular complexity index is 650. The van der Waals surface area contributed by atoms with Gasteiger partial charge in [0.25, 0.3) is 0 Å². The maximum atomic E-state index is 10.2. The fraction of sp³-hybridized carbons (Fsp3) is 0.368. The lowest BCUT2D eigenvalue weighted by atomic mass is 10.1. The van der Waals surface area contributed by atoms with E-state index in [2.05, 4.69) is 10.6 Å². The molecule has 2 rings (SSSR count). The highest BCUT2D eigenvalue weighted by atomic mass is 16.3. The number of hydrogen-bond donors (Lipinski definition) is 7. The molecule has 0 spiro atoms. The molecule has 0 unspecified atom stereocenters. The van der Waals surface area contributed by atoms with Gasteiger partial charge in [0.05, 0.1) is 6.10 Å². The van der Waals surface area contributed by atoms with Crippen molar-refractivity contribution in [2.45, 2.75) is 18.9 Å². The van der Waals surface area contributed by atoms with Crippen LogP contribution >= 0.6 is 0 Å². The Kier molecular flexibility index (Phi) is 7.53. The first kappa shape index (κ1) is 19.8. The quantitative estimate of drug-likeness (QED) is 0.311. The maximum absolute atomic E-state index is 10.2. The van der Waals surface area contributed by atoms with Gasteiger partial charge in [-0.2, -0.15) is 0 Å². The molecule has 2 aromatic rings. The van der Waals surface area contributed by atoms with Crippen LogP contribution in [0, 0.1) is 0 Å². The Morgan fingerprint density at radius 2 is 1.19 bits per heavy atom. The highest BCUT2D eigenvalue weighted by molar-refractivity contribution is 5.59. The van der Waals surface area contributed by atoms with Gasteiger partial charge in [0, 0.05) is 49.1 Å². The number of hydrogen-bond acceptors (Lipinski definition) is 7. The molecule has 0 fully saturated rings. The maximum Gasteiger partial charge on any atom is 0.0884 e. The van der Waals surface area contributed by atoms with Crippen LogP contribution in [0.3, 0.4) is 0 Å². The number of anilines is 4. The van der Waals surface area contributed by atoms with Crippen molar-refractivity contribution in [1.29, 1.82) is 0 Å². The van der Waals surface area contributed by atoms with E-state index in [9.17, 15) is 5.11 Å². The summed E-state index contributed by atoms with van der Waals surface area (Å²) in [6, 6.07) is 10.9. The Morgan fingerprint density at radius 3 is 1.58 bits per heavy atom. The average Bonchev–Trinajstić information content (AvgIpc) is 2.61. The summed E-state index contributed by atoms with van der Waals surface area (Å²) in [6.07, 6.45) is 0.365. The van der Waals surface area contributed by atoms with Crippen LogP contribution in [0.25, 0.3) is 0 Å². The molecule has 7 nitrogen and oxygen atoms in total. The van der Waals surface area contributed by atoms with Crippen LogP contribution in [-0.4, -0.2) is 47.7 Å². The first-order chi connectivity index (χ1) is 12.5. The van der Waals surface area contributed by atoms with E-state index in [1.54, 1.807) is 12.1 Å². The first-order valence-electron chi connectivity index (χ1n) is 8.67. The molecule has 0 atom stereocenters. The zero-order valence-corrected chi connectivity index (χ0v) is 14.8. The Balaban J connectivity index is 1.91. The number of benzene rings is 2. The summed E-state index contributed by atoms with van der Waals surface area (Å²) in [5.41, 5.74) is 16.4. The molecule has 26 heavy (non-hydrogen) atoms. The topological polar surface area (TPSA) is 137 Å². The van der Waals surface area contributed by atoms with Crippen LogP contribution in [-0.2, 0) is 12.8 Å². The van der Waals surface area contributed by atoms with Gasteiger partial charge in [-0.15, -0.1) is 0 Å². The minimum atomic E-state index is -0.631. The van der Waals surface area contributed by atoms with Crippen LogP contribution in [0.1, 0.15) is 11.1 Å². The van der Waals surface area contributed by atoms with Crippen LogP contribution in [0.2, 0.25) is 0 Å². The van der Waals surface area contributed by atoms with Gasteiger partial charge in [0.1, 0.15) is 0 Å². The fourth-order valence-corrected chi connectivity index (χ4v) is 2.75. The number of aliphatic hydroxyl groups is 3. The molecular formula is C19H28N4O3. The number of aliphatic hydroxyl groups excluding tert-OH is 3. The van der Waals surface area contributed by atoms with E-state index in [1.807, 2.05) is 24.3 Å². The van der Waals surface area contributed by atoms with Crippen molar-refractivity contribution in [3.63, 3.8) is 0 Å². The molecule has 9 N–H and O–H groups in total. The van der Waals surface area contributed by atoms with Crippen molar-refractivity contribution >= 4 is 22.7 Å². The number of nitrogens with two attached hydrogens (primary N) is 2. The van der Waals surface area contributed by atoms with Crippen LogP contribution in [0.5, 0.6) is 0 Å². The summed E-state index contributed by atoms with van der Waals surface area (Å²) < 4.78 is 0. The van der Waals surface area contributed by atoms with E-state index in [0.717, 1.165) is 22.5 Å². The van der Waals surface area contributed by atoms with E-state index in [-0.39, 0.29) is 13.2 Å². The van der Waals surface area contributed by atoms with Crippen molar-refractivity contribution in [2.75, 3.05) is 48.4 Å². The zero-order valence-electron chi connectivity index (χ0n) is 14.8. The summed E-state index contributed by atoms with van der Waals surface area (Å²) >= 11 is 0. The van der Waals surface area contributed by atoms with Gasteiger partial charge in [-0.1, -0.05) is 0 Å². The Hall–Kier alpha value is -2.48.